The molecular formula is C38H32ClF3N6O8. The van der Waals surface area contributed by atoms with Crippen LogP contribution in [0.2, 0.25) is 0 Å². The van der Waals surface area contributed by atoms with Crippen molar-refractivity contribution in [3.63, 3.8) is 0 Å². The summed E-state index contributed by atoms with van der Waals surface area (Å²) in [6.07, 6.45) is -5.96. The fraction of sp³-hybridized carbons (Fsp3) is 0.263. The number of hydrogen-bond donors (Lipinski definition) is 4. The molecule has 0 aliphatic carbocycles. The Morgan fingerprint density at radius 3 is 2.46 bits per heavy atom. The highest BCUT2D eigenvalue weighted by Crippen LogP contribution is 2.49. The highest BCUT2D eigenvalue weighted by Gasteiger charge is 2.44. The first-order valence-corrected chi connectivity index (χ1v) is 17.9. The van der Waals surface area contributed by atoms with Crippen molar-refractivity contribution < 1.29 is 51.3 Å². The molecular weight excluding hydrogens is 761 g/mol. The number of nitrogens with one attached hydrogen (secondary N) is 3. The van der Waals surface area contributed by atoms with E-state index in [0.29, 0.717) is 59.5 Å². The summed E-state index contributed by atoms with van der Waals surface area (Å²) in [6.45, 7) is 1.54. The van der Waals surface area contributed by atoms with E-state index in [1.807, 2.05) is 11.9 Å². The number of rotatable bonds is 7. The fourth-order valence-corrected chi connectivity index (χ4v) is 7.54. The lowest BCUT2D eigenvalue weighted by atomic mass is 9.95. The summed E-state index contributed by atoms with van der Waals surface area (Å²) in [6, 6.07) is 14.5. The minimum atomic E-state index is -5.12. The number of nitrogens with zero attached hydrogens (tertiary/aromatic N) is 3. The molecule has 5 heterocycles. The minimum Gasteiger partial charge on any atom is -0.497 e. The quantitative estimate of drug-likeness (QED) is 0.123. The first-order chi connectivity index (χ1) is 26.7. The van der Waals surface area contributed by atoms with E-state index >= 15 is 0 Å². The van der Waals surface area contributed by atoms with Gasteiger partial charge < -0.3 is 49.0 Å². The molecule has 0 unspecified atom stereocenters. The Morgan fingerprint density at radius 1 is 1.00 bits per heavy atom. The summed E-state index contributed by atoms with van der Waals surface area (Å²) in [4.78, 5) is 63.1. The summed E-state index contributed by atoms with van der Waals surface area (Å²) < 4.78 is 59.7. The number of benzene rings is 3. The first kappa shape index (κ1) is 36.8. The predicted molar refractivity (Wildman–Crippen MR) is 200 cm³/mol. The van der Waals surface area contributed by atoms with E-state index in [4.69, 9.17) is 25.5 Å². The number of carboxylic acid groups (broad SMARTS) is 1. The third kappa shape index (κ3) is 6.41. The Hall–Kier alpha value is -6.20. The molecule has 3 aromatic carbocycles. The zero-order valence-electron chi connectivity index (χ0n) is 29.7. The summed E-state index contributed by atoms with van der Waals surface area (Å²) in [5.41, 5.74) is -1.36. The highest BCUT2D eigenvalue weighted by atomic mass is 35.5. The van der Waals surface area contributed by atoms with Crippen molar-refractivity contribution in [2.75, 3.05) is 63.0 Å². The van der Waals surface area contributed by atoms with E-state index in [-0.39, 0.29) is 51.8 Å². The summed E-state index contributed by atoms with van der Waals surface area (Å²) >= 11 is 6.35. The van der Waals surface area contributed by atoms with Crippen molar-refractivity contribution in [2.45, 2.75) is 12.1 Å². The lowest BCUT2D eigenvalue weighted by molar-refractivity contribution is -0.141. The predicted octanol–water partition coefficient (Wildman–Crippen LogP) is 7.10. The monoisotopic (exact) mass is 792 g/mol. The molecule has 6 aromatic rings. The van der Waals surface area contributed by atoms with Crippen LogP contribution in [-0.2, 0) is 6.18 Å². The molecule has 0 saturated carbocycles. The van der Waals surface area contributed by atoms with Gasteiger partial charge in [0.05, 0.1) is 23.9 Å². The van der Waals surface area contributed by atoms with Crippen molar-refractivity contribution in [3.05, 3.63) is 82.9 Å². The molecule has 1 fully saturated rings. The lowest BCUT2D eigenvalue weighted by Crippen LogP contribution is -2.48. The van der Waals surface area contributed by atoms with Crippen LogP contribution in [-0.4, -0.2) is 102 Å². The number of methoxy groups -OCH3 is 1. The van der Waals surface area contributed by atoms with Crippen LogP contribution < -0.4 is 19.7 Å². The van der Waals surface area contributed by atoms with Gasteiger partial charge in [0.1, 0.15) is 22.7 Å². The van der Waals surface area contributed by atoms with E-state index in [1.54, 1.807) is 48.5 Å². The average Bonchev–Trinajstić information content (AvgIpc) is 3.96. The number of piperazine rings is 1. The molecule has 290 valence electrons. The van der Waals surface area contributed by atoms with Gasteiger partial charge in [0.15, 0.2) is 11.5 Å². The van der Waals surface area contributed by atoms with Gasteiger partial charge in [-0.15, -0.1) is 11.6 Å². The topological polar surface area (TPSA) is 173 Å². The maximum atomic E-state index is 14.3. The van der Waals surface area contributed by atoms with Crippen LogP contribution in [0.25, 0.3) is 32.8 Å². The Labute approximate surface area is 319 Å². The van der Waals surface area contributed by atoms with E-state index in [1.165, 1.54) is 23.0 Å². The van der Waals surface area contributed by atoms with Crippen molar-refractivity contribution in [1.82, 2.24) is 19.8 Å². The van der Waals surface area contributed by atoms with Crippen molar-refractivity contribution >= 4 is 79.6 Å². The molecule has 3 amide bonds. The number of aromatic carboxylic acids is 1. The molecule has 2 aliphatic heterocycles. The lowest BCUT2D eigenvalue weighted by Gasteiger charge is -2.31. The molecule has 4 N–H and O–H groups in total. The Kier molecular flexibility index (Phi) is 9.08. The minimum absolute atomic E-state index is 0.0413. The molecule has 2 aliphatic rings. The van der Waals surface area contributed by atoms with Gasteiger partial charge in [-0.3, -0.25) is 9.59 Å². The smallest absolute Gasteiger partial charge is 0.432 e. The van der Waals surface area contributed by atoms with Gasteiger partial charge in [-0.05, 0) is 55.1 Å². The van der Waals surface area contributed by atoms with Crippen LogP contribution in [0.5, 0.6) is 11.5 Å². The molecule has 56 heavy (non-hydrogen) atoms. The summed E-state index contributed by atoms with van der Waals surface area (Å²) in [5.74, 6) is -3.70. The maximum absolute atomic E-state index is 14.3. The second-order valence-corrected chi connectivity index (χ2v) is 13.9. The van der Waals surface area contributed by atoms with Crippen LogP contribution in [0, 0.1) is 0 Å². The number of furan rings is 1. The molecule has 14 nitrogen and oxygen atoms in total. The zero-order valence-corrected chi connectivity index (χ0v) is 30.4. The second-order valence-electron chi connectivity index (χ2n) is 13.6. The normalized spacial score (nSPS) is 16.1. The zero-order chi connectivity index (χ0) is 39.6. The third-order valence-electron chi connectivity index (χ3n) is 10.1. The van der Waals surface area contributed by atoms with E-state index in [2.05, 4.69) is 15.3 Å². The van der Waals surface area contributed by atoms with Crippen LogP contribution in [0.3, 0.4) is 0 Å². The summed E-state index contributed by atoms with van der Waals surface area (Å²) in [5, 5.41) is 13.8. The van der Waals surface area contributed by atoms with Gasteiger partial charge in [-0.1, -0.05) is 0 Å². The number of halogens is 4. The average molecular weight is 793 g/mol. The molecule has 0 bridgehead atoms. The largest absolute Gasteiger partial charge is 0.497 e. The molecule has 0 radical (unpaired) electrons. The van der Waals surface area contributed by atoms with Crippen molar-refractivity contribution in [3.8, 4) is 11.5 Å². The molecule has 3 aromatic heterocycles. The van der Waals surface area contributed by atoms with Gasteiger partial charge in [0, 0.05) is 84.0 Å². The van der Waals surface area contributed by atoms with Gasteiger partial charge in [0.2, 0.25) is 0 Å². The van der Waals surface area contributed by atoms with Gasteiger partial charge in [-0.25, -0.2) is 9.59 Å². The number of amides is 3. The fourth-order valence-electron chi connectivity index (χ4n) is 7.29. The van der Waals surface area contributed by atoms with Gasteiger partial charge in [0.25, 0.3) is 11.8 Å². The number of alkyl halides is 4. The Balaban J connectivity index is 1.15. The van der Waals surface area contributed by atoms with Crippen molar-refractivity contribution in [1.29, 1.82) is 0 Å². The number of carbonyl (C=O) groups is 4. The van der Waals surface area contributed by atoms with Crippen LogP contribution in [0.15, 0.2) is 59.0 Å². The molecule has 18 heteroatoms. The number of fused-ring (bicyclic) bond motifs is 5. The number of aromatic nitrogens is 2. The number of H-pyrrole nitrogens is 2. The molecule has 1 saturated heterocycles. The number of ether oxygens (including phenoxy) is 2. The number of aromatic amines is 2. The number of anilines is 2. The Bertz CT molecular complexity index is 2590. The number of carboxylic acids is 1. The molecule has 8 rings (SSSR count). The first-order valence-electron chi connectivity index (χ1n) is 17.3. The van der Waals surface area contributed by atoms with E-state index in [0.717, 1.165) is 0 Å². The van der Waals surface area contributed by atoms with Gasteiger partial charge >= 0.3 is 18.2 Å². The van der Waals surface area contributed by atoms with Gasteiger partial charge in [-0.2, -0.15) is 13.2 Å². The molecule has 0 spiro atoms. The van der Waals surface area contributed by atoms with E-state index in [9.17, 15) is 37.5 Å². The summed E-state index contributed by atoms with van der Waals surface area (Å²) in [7, 11) is 3.40. The molecule has 1 atom stereocenters. The van der Waals surface area contributed by atoms with Crippen LogP contribution in [0.1, 0.15) is 48.6 Å². The SMILES string of the molecule is COc1ccc2cc(C(=O)Nc3ccc4[nH]c(C(=O)N5C[C@@H](CCl)c6c5cc(OC(=O)N5CCN(C)CC5)c5[nH]c(C(F)(F)F)c(C(=O)O)c65)cc4c3)oc2c1. The standard InChI is InChI=1S/C38H32ClF3N6O8/c1-46-7-9-47(10-8-46)37(53)56-27-15-25-29(30-31(36(51)52)33(38(40,41)42)45-32(27)30)20(16-39)17-48(25)35(50)24-12-19-11-21(4-6-23(19)44-24)43-34(49)28-13-18-3-5-22(54-2)14-26(18)55-28/h3-6,11-15,20,44-45H,7-10,16-17H2,1-2H3,(H,43,49)(H,51,52)/t20-/m1/s1. The number of likely N-dealkylation sites (N-methyl/N-ethyl adjacent to an activating group) is 1. The van der Waals surface area contributed by atoms with Crippen molar-refractivity contribution in [2.24, 2.45) is 0 Å². The third-order valence-corrected chi connectivity index (χ3v) is 10.5. The van der Waals surface area contributed by atoms with E-state index < -0.39 is 47.2 Å². The maximum Gasteiger partial charge on any atom is 0.432 e. The van der Waals surface area contributed by atoms with Crippen LogP contribution in [0.4, 0.5) is 29.3 Å². The number of hydrogen-bond acceptors (Lipinski definition) is 8. The Morgan fingerprint density at radius 2 is 1.77 bits per heavy atom. The van der Waals surface area contributed by atoms with Crippen LogP contribution >= 0.6 is 11.6 Å². The number of carbonyl (C=O) groups excluding carboxylic acids is 3. The highest BCUT2D eigenvalue weighted by molar-refractivity contribution is 6.20. The second kappa shape index (κ2) is 13.8.